The molecule has 0 spiro atoms. The predicted octanol–water partition coefficient (Wildman–Crippen LogP) is 3.45. The molecule has 0 bridgehead atoms. The highest BCUT2D eigenvalue weighted by molar-refractivity contribution is 7.61. The predicted molar refractivity (Wildman–Crippen MR) is 225 cm³/mol. The third kappa shape index (κ3) is 13.7. The minimum atomic E-state index is -5.54. The summed E-state index contributed by atoms with van der Waals surface area (Å²) in [5, 5.41) is 30.6. The summed E-state index contributed by atoms with van der Waals surface area (Å²) in [6, 6.07) is 0. The molecule has 6 rings (SSSR count). The molecule has 6 N–H and O–H groups in total. The van der Waals surface area contributed by atoms with Crippen LogP contribution in [0.5, 0.6) is 0 Å². The van der Waals surface area contributed by atoms with Gasteiger partial charge in [-0.25, -0.2) is 33.3 Å². The van der Waals surface area contributed by atoms with Crippen LogP contribution in [-0.4, -0.2) is 126 Å². The van der Waals surface area contributed by atoms with Gasteiger partial charge in [-0.15, -0.1) is 5.10 Å². The van der Waals surface area contributed by atoms with Crippen LogP contribution in [0.4, 0.5) is 0 Å². The van der Waals surface area contributed by atoms with Crippen molar-refractivity contribution in [2.75, 3.05) is 19.8 Å². The van der Waals surface area contributed by atoms with Crippen molar-refractivity contribution >= 4 is 46.2 Å². The van der Waals surface area contributed by atoms with E-state index >= 15 is 0 Å². The Hall–Kier alpha value is -2.76. The molecule has 1 saturated carbocycles. The number of aryl methyl sites for hydroxylation is 3. The van der Waals surface area contributed by atoms with Crippen LogP contribution in [0.3, 0.4) is 0 Å². The summed E-state index contributed by atoms with van der Waals surface area (Å²) in [6.45, 7) is 9.93. The van der Waals surface area contributed by atoms with E-state index < -0.39 is 78.5 Å². The number of nitrogens with zero attached hydrogens (tertiary/aromatic N) is 7. The summed E-state index contributed by atoms with van der Waals surface area (Å²) in [7, 11) is -16.3. The number of hydrogen-bond acceptors (Lipinski definition) is 18. The molecule has 9 unspecified atom stereocenters. The van der Waals surface area contributed by atoms with E-state index in [0.29, 0.717) is 41.9 Å². The van der Waals surface area contributed by atoms with Gasteiger partial charge in [-0.3, -0.25) is 27.7 Å². The van der Waals surface area contributed by atoms with Gasteiger partial charge < -0.3 is 39.3 Å². The normalized spacial score (nSPS) is 26.1. The van der Waals surface area contributed by atoms with Crippen LogP contribution in [0.1, 0.15) is 103 Å². The molecule has 24 nitrogen and oxygen atoms in total. The Morgan fingerprint density at radius 2 is 1.60 bits per heavy atom. The average Bonchev–Trinajstić information content (AvgIpc) is 3.43. The first-order chi connectivity index (χ1) is 30.2. The van der Waals surface area contributed by atoms with Gasteiger partial charge in [0.2, 0.25) is 0 Å². The smallest absolute Gasteiger partial charge is 0.386 e. The molecule has 364 valence electrons. The fraction of sp³-hybridized carbons (Fsp3) is 0.763. The maximum atomic E-state index is 12.9. The van der Waals surface area contributed by atoms with Gasteiger partial charge in [-0.1, -0.05) is 19.1 Å². The van der Waals surface area contributed by atoms with Crippen LogP contribution in [-0.2, 0) is 70.0 Å². The highest BCUT2D eigenvalue weighted by Gasteiger charge is 2.51. The number of fused-ring (bicyclic) bond motifs is 3. The van der Waals surface area contributed by atoms with Crippen molar-refractivity contribution in [3.05, 3.63) is 29.7 Å². The number of phosphoric acid groups is 3. The van der Waals surface area contributed by atoms with Crippen molar-refractivity contribution in [2.24, 2.45) is 23.2 Å². The fourth-order valence-corrected chi connectivity index (χ4v) is 11.2. The third-order valence-corrected chi connectivity index (χ3v) is 15.0. The highest BCUT2D eigenvalue weighted by atomic mass is 31.3. The minimum absolute atomic E-state index is 0.0632. The molecule has 0 radical (unpaired) electrons. The van der Waals surface area contributed by atoms with Crippen molar-refractivity contribution < 1.29 is 80.4 Å². The summed E-state index contributed by atoms with van der Waals surface area (Å²) < 4.78 is 70.9. The zero-order valence-electron chi connectivity index (χ0n) is 37.1. The second kappa shape index (κ2) is 20.5. The van der Waals surface area contributed by atoms with E-state index in [0.717, 1.165) is 43.7 Å². The lowest BCUT2D eigenvalue weighted by Gasteiger charge is -2.30. The molecule has 1 aliphatic heterocycles. The largest absolute Gasteiger partial charge is 0.481 e. The summed E-state index contributed by atoms with van der Waals surface area (Å²) in [5.41, 5.74) is 1.39. The number of ketones is 2. The first-order valence-electron chi connectivity index (χ1n) is 21.4. The monoisotopic (exact) mass is 979 g/mol. The molecule has 65 heavy (non-hydrogen) atoms. The highest BCUT2D eigenvalue weighted by Crippen LogP contribution is 2.61. The number of carbonyl (C=O) groups excluding carboxylic acids is 2. The summed E-state index contributed by atoms with van der Waals surface area (Å²) >= 11 is 0. The van der Waals surface area contributed by atoms with Gasteiger partial charge in [-0.2, -0.15) is 4.31 Å². The van der Waals surface area contributed by atoms with Gasteiger partial charge in [0, 0.05) is 31.2 Å². The number of carbonyl (C=O) groups is 2. The first-order valence-corrected chi connectivity index (χ1v) is 25.9. The number of aliphatic hydroxyl groups excluding tert-OH is 2. The van der Waals surface area contributed by atoms with Gasteiger partial charge in [0.25, 0.3) is 0 Å². The Morgan fingerprint density at radius 3 is 2.29 bits per heavy atom. The molecule has 3 aromatic heterocycles. The van der Waals surface area contributed by atoms with Crippen molar-refractivity contribution in [2.45, 2.75) is 142 Å². The maximum Gasteiger partial charge on any atom is 0.481 e. The van der Waals surface area contributed by atoms with Crippen molar-refractivity contribution in [1.29, 1.82) is 0 Å². The van der Waals surface area contributed by atoms with Gasteiger partial charge in [0.05, 0.1) is 48.8 Å². The molecule has 3 aliphatic rings. The average molecular weight is 980 g/mol. The van der Waals surface area contributed by atoms with E-state index in [4.69, 9.17) is 23.0 Å². The van der Waals surface area contributed by atoms with Crippen LogP contribution < -0.4 is 0 Å². The quantitative estimate of drug-likeness (QED) is 0.0741. The van der Waals surface area contributed by atoms with E-state index in [2.05, 4.69) is 50.3 Å². The zero-order chi connectivity index (χ0) is 47.7. The fourth-order valence-electron chi connectivity index (χ4n) is 8.38. The van der Waals surface area contributed by atoms with Crippen LogP contribution in [0.25, 0.3) is 11.2 Å². The minimum Gasteiger partial charge on any atom is -0.386 e. The van der Waals surface area contributed by atoms with E-state index in [1.807, 2.05) is 4.68 Å². The molecule has 4 heterocycles. The van der Waals surface area contributed by atoms with Gasteiger partial charge in [-0.05, 0) is 84.0 Å². The number of hydrogen-bond donors (Lipinski definition) is 6. The standard InChI is InChI=1S/C38H60N7O17P3/c1-22-31-35(40-20-39-22)44(21-41-31)36-32(48)33(61-63(50,51)52)30(60-36)18-58-64(53,54)62-65(55,56)59-19-38(5,6)34(49)29(47)11-7-9-23(46)10-8-16-45-28-15-13-25-24(12-14-27(28)42-43-45)26(25)17-57-37(2,3)4/h20-21,24-26,30,32-34,36,48-49H,7-19H2,1-6H3,(H,53,54)(H,55,56)(H2,50,51,52)/t24?,25?,26-,30?,32?,33?,34?,36?/m0/s1. The number of imidazole rings is 1. The van der Waals surface area contributed by atoms with Crippen molar-refractivity contribution in [1.82, 2.24) is 34.5 Å². The summed E-state index contributed by atoms with van der Waals surface area (Å²) in [6.07, 6.45) is -1.44. The van der Waals surface area contributed by atoms with Gasteiger partial charge >= 0.3 is 23.5 Å². The molecule has 10 atom stereocenters. The third-order valence-electron chi connectivity index (χ3n) is 11.9. The van der Waals surface area contributed by atoms with E-state index in [9.17, 15) is 53.1 Å². The molecule has 3 aromatic rings. The first kappa shape index (κ1) is 51.6. The number of phosphoric ester groups is 3. The van der Waals surface area contributed by atoms with Gasteiger partial charge in [0.1, 0.15) is 42.0 Å². The molecule has 2 aliphatic carbocycles. The lowest BCUT2D eigenvalue weighted by Crippen LogP contribution is -2.39. The molecule has 1 saturated heterocycles. The van der Waals surface area contributed by atoms with Crippen LogP contribution in [0.2, 0.25) is 0 Å². The summed E-state index contributed by atoms with van der Waals surface area (Å²) in [4.78, 5) is 77.5. The number of ether oxygens (including phenoxy) is 2. The molecule has 0 amide bonds. The van der Waals surface area contributed by atoms with Crippen LogP contribution >= 0.6 is 23.5 Å². The van der Waals surface area contributed by atoms with Crippen molar-refractivity contribution in [3.63, 3.8) is 0 Å². The van der Waals surface area contributed by atoms with E-state index in [1.54, 1.807) is 6.92 Å². The molecule has 0 aromatic carbocycles. The van der Waals surface area contributed by atoms with Crippen LogP contribution in [0.15, 0.2) is 12.7 Å². The van der Waals surface area contributed by atoms with Crippen LogP contribution in [0, 0.1) is 30.1 Å². The number of Topliss-reactive ketones (excluding diaryl/α,β-unsaturated/α-hetero) is 2. The zero-order valence-corrected chi connectivity index (χ0v) is 39.8. The molecular formula is C38H60N7O17P3. The SMILES string of the molecule is Cc1ncnc2c1ncn2C1OC(COP(=O)(O)OP(=O)(O)OCC(C)(C)C(O)C(=O)CCCC(=O)CCCn2nnc3c2CCC2C(CC3)[C@@H]2COC(C)(C)C)C(OP(=O)(O)O)C1O. The Labute approximate surface area is 375 Å². The Balaban J connectivity index is 0.913. The Kier molecular flexibility index (Phi) is 16.2. The molecule has 27 heteroatoms. The molecular weight excluding hydrogens is 919 g/mol. The van der Waals surface area contributed by atoms with E-state index in [1.165, 1.54) is 31.1 Å². The number of aliphatic hydroxyl groups is 2. The second-order valence-corrected chi connectivity index (χ2v) is 22.8. The Bertz CT molecular complexity index is 2310. The van der Waals surface area contributed by atoms with Gasteiger partial charge in [0.15, 0.2) is 17.7 Å². The van der Waals surface area contributed by atoms with Crippen molar-refractivity contribution in [3.8, 4) is 0 Å². The number of aromatic nitrogens is 7. The second-order valence-electron chi connectivity index (χ2n) is 18.5. The van der Waals surface area contributed by atoms with E-state index in [-0.39, 0.29) is 42.7 Å². The summed E-state index contributed by atoms with van der Waals surface area (Å²) in [5.74, 6) is 1.14. The topological polar surface area (TPSA) is 336 Å². The lowest BCUT2D eigenvalue weighted by molar-refractivity contribution is -0.134. The lowest BCUT2D eigenvalue weighted by atomic mass is 9.84. The number of rotatable bonds is 23. The Morgan fingerprint density at radius 1 is 0.923 bits per heavy atom. The molecule has 2 fully saturated rings. The maximum absolute atomic E-state index is 12.9.